The summed E-state index contributed by atoms with van der Waals surface area (Å²) in [6.45, 7) is 0. The van der Waals surface area contributed by atoms with Crippen LogP contribution in [-0.4, -0.2) is 26.6 Å². The molecular formula is C11H16BrFN2O2. The van der Waals surface area contributed by atoms with Crippen molar-refractivity contribution in [1.82, 2.24) is 5.43 Å². The summed E-state index contributed by atoms with van der Waals surface area (Å²) in [6.07, 6.45) is -0.00329. The second kappa shape index (κ2) is 7.03. The molecule has 0 saturated heterocycles. The normalized spacial score (nSPS) is 13.1. The molecule has 0 heterocycles. The number of hydrogen-bond donors (Lipinski definition) is 2. The van der Waals surface area contributed by atoms with E-state index in [-0.39, 0.29) is 11.9 Å². The third-order valence-corrected chi connectivity index (χ3v) is 3.37. The number of rotatable bonds is 6. The minimum atomic E-state index is -0.491. The van der Waals surface area contributed by atoms with Gasteiger partial charge in [0, 0.05) is 14.2 Å². The van der Waals surface area contributed by atoms with Crippen LogP contribution in [0.15, 0.2) is 22.7 Å². The van der Waals surface area contributed by atoms with Gasteiger partial charge in [0.15, 0.2) is 6.29 Å². The molecule has 6 heteroatoms. The highest BCUT2D eigenvalue weighted by molar-refractivity contribution is 9.10. The summed E-state index contributed by atoms with van der Waals surface area (Å²) in [5, 5.41) is 0. The van der Waals surface area contributed by atoms with Crippen LogP contribution in [-0.2, 0) is 15.9 Å². The van der Waals surface area contributed by atoms with Gasteiger partial charge in [-0.2, -0.15) is 0 Å². The lowest BCUT2D eigenvalue weighted by Gasteiger charge is -2.24. The Bertz CT molecular complexity index is 361. The zero-order chi connectivity index (χ0) is 12.8. The molecule has 1 aromatic rings. The van der Waals surface area contributed by atoms with Crippen LogP contribution in [0.25, 0.3) is 0 Å². The quantitative estimate of drug-likeness (QED) is 0.476. The second-order valence-corrected chi connectivity index (χ2v) is 4.32. The molecule has 0 aliphatic rings. The molecule has 1 aromatic carbocycles. The number of nitrogens with two attached hydrogens (primary N) is 1. The monoisotopic (exact) mass is 306 g/mol. The van der Waals surface area contributed by atoms with E-state index in [1.165, 1.54) is 20.3 Å². The number of benzene rings is 1. The van der Waals surface area contributed by atoms with E-state index in [9.17, 15) is 4.39 Å². The Morgan fingerprint density at radius 1 is 1.41 bits per heavy atom. The van der Waals surface area contributed by atoms with Gasteiger partial charge in [0.25, 0.3) is 0 Å². The maximum Gasteiger partial charge on any atom is 0.173 e. The smallest absolute Gasteiger partial charge is 0.173 e. The summed E-state index contributed by atoms with van der Waals surface area (Å²) in [7, 11) is 3.05. The molecule has 0 saturated carbocycles. The fraction of sp³-hybridized carbons (Fsp3) is 0.455. The topological polar surface area (TPSA) is 56.5 Å². The van der Waals surface area contributed by atoms with E-state index in [1.807, 2.05) is 6.07 Å². The van der Waals surface area contributed by atoms with Crippen molar-refractivity contribution < 1.29 is 13.9 Å². The molecule has 0 fully saturated rings. The molecule has 0 spiro atoms. The number of ether oxygens (including phenoxy) is 2. The summed E-state index contributed by atoms with van der Waals surface area (Å²) < 4.78 is 24.0. The molecule has 0 amide bonds. The van der Waals surface area contributed by atoms with Gasteiger partial charge in [-0.25, -0.2) is 4.39 Å². The fourth-order valence-electron chi connectivity index (χ4n) is 1.60. The molecule has 17 heavy (non-hydrogen) atoms. The highest BCUT2D eigenvalue weighted by Gasteiger charge is 2.21. The lowest BCUT2D eigenvalue weighted by Crippen LogP contribution is -2.47. The van der Waals surface area contributed by atoms with Gasteiger partial charge in [0.05, 0.1) is 10.5 Å². The molecule has 0 radical (unpaired) electrons. The first kappa shape index (κ1) is 14.5. The first-order valence-corrected chi connectivity index (χ1v) is 5.88. The minimum absolute atomic E-state index is 0.261. The number of halogens is 2. The Kier molecular flexibility index (Phi) is 6.01. The molecule has 0 aromatic heterocycles. The zero-order valence-electron chi connectivity index (χ0n) is 9.74. The standard InChI is InChI=1S/C11H16BrFN2O2/c1-16-11(17-2)9(15-14)6-7-4-3-5-8(13)10(7)12/h3-5,9,11,15H,6,14H2,1-2H3. The SMILES string of the molecule is COC(OC)C(Cc1cccc(F)c1Br)NN. The first-order chi connectivity index (χ1) is 8.13. The van der Waals surface area contributed by atoms with Gasteiger partial charge in [0.1, 0.15) is 5.82 Å². The largest absolute Gasteiger partial charge is 0.354 e. The summed E-state index contributed by atoms with van der Waals surface area (Å²) in [4.78, 5) is 0. The zero-order valence-corrected chi connectivity index (χ0v) is 11.3. The van der Waals surface area contributed by atoms with Gasteiger partial charge >= 0.3 is 0 Å². The van der Waals surface area contributed by atoms with Crippen molar-refractivity contribution in [2.45, 2.75) is 18.8 Å². The third-order valence-electron chi connectivity index (χ3n) is 2.48. The highest BCUT2D eigenvalue weighted by atomic mass is 79.9. The summed E-state index contributed by atoms with van der Waals surface area (Å²) in [5.74, 6) is 5.14. The van der Waals surface area contributed by atoms with E-state index in [4.69, 9.17) is 15.3 Å². The minimum Gasteiger partial charge on any atom is -0.354 e. The highest BCUT2D eigenvalue weighted by Crippen LogP contribution is 2.22. The maximum absolute atomic E-state index is 13.3. The number of nitrogens with one attached hydrogen (secondary N) is 1. The van der Waals surface area contributed by atoms with E-state index in [0.29, 0.717) is 10.9 Å². The van der Waals surface area contributed by atoms with Crippen LogP contribution in [0.4, 0.5) is 4.39 Å². The van der Waals surface area contributed by atoms with Gasteiger partial charge in [-0.3, -0.25) is 11.3 Å². The Morgan fingerprint density at radius 3 is 2.59 bits per heavy atom. The molecule has 1 atom stereocenters. The van der Waals surface area contributed by atoms with Gasteiger partial charge < -0.3 is 9.47 Å². The molecule has 3 N–H and O–H groups in total. The van der Waals surface area contributed by atoms with E-state index in [2.05, 4.69) is 21.4 Å². The maximum atomic E-state index is 13.3. The first-order valence-electron chi connectivity index (χ1n) is 5.08. The predicted octanol–water partition coefficient (Wildman–Crippen LogP) is 1.58. The van der Waals surface area contributed by atoms with Crippen LogP contribution in [0, 0.1) is 5.82 Å². The van der Waals surface area contributed by atoms with Crippen molar-refractivity contribution in [3.05, 3.63) is 34.1 Å². The fourth-order valence-corrected chi connectivity index (χ4v) is 2.03. The number of methoxy groups -OCH3 is 2. The summed E-state index contributed by atoms with van der Waals surface area (Å²) in [5.41, 5.74) is 3.40. The average molecular weight is 307 g/mol. The molecule has 0 aliphatic carbocycles. The summed E-state index contributed by atoms with van der Waals surface area (Å²) >= 11 is 3.21. The van der Waals surface area contributed by atoms with Crippen LogP contribution < -0.4 is 11.3 Å². The van der Waals surface area contributed by atoms with Crippen molar-refractivity contribution in [2.24, 2.45) is 5.84 Å². The van der Waals surface area contributed by atoms with Crippen molar-refractivity contribution in [3.8, 4) is 0 Å². The summed E-state index contributed by atoms with van der Waals surface area (Å²) in [6, 6.07) is 4.60. The Labute approximate surface area is 108 Å². The van der Waals surface area contributed by atoms with Crippen LogP contribution in [0.3, 0.4) is 0 Å². The van der Waals surface area contributed by atoms with Crippen molar-refractivity contribution in [2.75, 3.05) is 14.2 Å². The van der Waals surface area contributed by atoms with E-state index in [0.717, 1.165) is 5.56 Å². The second-order valence-electron chi connectivity index (χ2n) is 3.53. The lowest BCUT2D eigenvalue weighted by molar-refractivity contribution is -0.122. The van der Waals surface area contributed by atoms with Crippen LogP contribution >= 0.6 is 15.9 Å². The number of hydrogen-bond acceptors (Lipinski definition) is 4. The van der Waals surface area contributed by atoms with E-state index < -0.39 is 6.29 Å². The molecule has 0 aliphatic heterocycles. The Morgan fingerprint density at radius 2 is 2.06 bits per heavy atom. The molecule has 96 valence electrons. The van der Waals surface area contributed by atoms with E-state index in [1.54, 1.807) is 6.07 Å². The Hall–Kier alpha value is -0.530. The van der Waals surface area contributed by atoms with Gasteiger partial charge in [-0.05, 0) is 34.0 Å². The molecular weight excluding hydrogens is 291 g/mol. The molecule has 0 bridgehead atoms. The van der Waals surface area contributed by atoms with Crippen LogP contribution in [0.1, 0.15) is 5.56 Å². The van der Waals surface area contributed by atoms with Crippen molar-refractivity contribution in [1.29, 1.82) is 0 Å². The molecule has 1 unspecified atom stereocenters. The number of hydrazine groups is 1. The Balaban J connectivity index is 2.83. The van der Waals surface area contributed by atoms with Crippen LogP contribution in [0.5, 0.6) is 0 Å². The predicted molar refractivity (Wildman–Crippen MR) is 66.7 cm³/mol. The van der Waals surface area contributed by atoms with Gasteiger partial charge in [-0.15, -0.1) is 0 Å². The van der Waals surface area contributed by atoms with Gasteiger partial charge in [-0.1, -0.05) is 12.1 Å². The van der Waals surface area contributed by atoms with Crippen molar-refractivity contribution >= 4 is 15.9 Å². The molecule has 4 nitrogen and oxygen atoms in total. The lowest BCUT2D eigenvalue weighted by atomic mass is 10.1. The van der Waals surface area contributed by atoms with E-state index >= 15 is 0 Å². The average Bonchev–Trinajstić information content (AvgIpc) is 2.34. The van der Waals surface area contributed by atoms with Crippen LogP contribution in [0.2, 0.25) is 0 Å². The third kappa shape index (κ3) is 3.72. The van der Waals surface area contributed by atoms with Gasteiger partial charge in [0.2, 0.25) is 0 Å². The van der Waals surface area contributed by atoms with Crippen molar-refractivity contribution in [3.63, 3.8) is 0 Å². The molecule has 1 rings (SSSR count).